The van der Waals surface area contributed by atoms with E-state index in [2.05, 4.69) is 15.5 Å². The summed E-state index contributed by atoms with van der Waals surface area (Å²) in [5, 5.41) is 5.81. The average Bonchev–Trinajstić information content (AvgIpc) is 2.61. The van der Waals surface area contributed by atoms with Crippen LogP contribution in [0.2, 0.25) is 0 Å². The van der Waals surface area contributed by atoms with Gasteiger partial charge < -0.3 is 20.3 Å². The summed E-state index contributed by atoms with van der Waals surface area (Å²) in [5.41, 5.74) is 2.17. The monoisotopic (exact) mass is 327 g/mol. The summed E-state index contributed by atoms with van der Waals surface area (Å²) in [7, 11) is 5.64. The van der Waals surface area contributed by atoms with Gasteiger partial charge in [0.2, 0.25) is 0 Å². The molecule has 5 heteroatoms. The molecular weight excluding hydrogens is 302 g/mol. The quantitative estimate of drug-likeness (QED) is 0.822. The number of amides is 2. The molecule has 2 aromatic rings. The summed E-state index contributed by atoms with van der Waals surface area (Å²) < 4.78 is 5.28. The zero-order chi connectivity index (χ0) is 17.4. The first kappa shape index (κ1) is 17.8. The van der Waals surface area contributed by atoms with Crippen LogP contribution in [0.1, 0.15) is 17.2 Å². The highest BCUT2D eigenvalue weighted by Crippen LogP contribution is 2.21. The summed E-state index contributed by atoms with van der Waals surface area (Å²) >= 11 is 0. The highest BCUT2D eigenvalue weighted by molar-refractivity contribution is 5.73. The van der Waals surface area contributed by atoms with Crippen molar-refractivity contribution in [3.63, 3.8) is 0 Å². The molecule has 0 bridgehead atoms. The van der Waals surface area contributed by atoms with Crippen molar-refractivity contribution in [1.29, 1.82) is 0 Å². The highest BCUT2D eigenvalue weighted by Gasteiger charge is 2.15. The van der Waals surface area contributed by atoms with Gasteiger partial charge in [0.15, 0.2) is 0 Å². The molecular formula is C19H25N3O2. The molecule has 0 heterocycles. The summed E-state index contributed by atoms with van der Waals surface area (Å²) in [6, 6.07) is 17.6. The van der Waals surface area contributed by atoms with Gasteiger partial charge in [-0.3, -0.25) is 0 Å². The number of carbonyl (C=O) groups excluding carboxylic acids is 1. The Hall–Kier alpha value is -2.53. The van der Waals surface area contributed by atoms with Gasteiger partial charge in [-0.1, -0.05) is 42.5 Å². The van der Waals surface area contributed by atoms with Gasteiger partial charge in [-0.15, -0.1) is 0 Å². The molecule has 2 aromatic carbocycles. The molecule has 0 radical (unpaired) electrons. The molecule has 2 N–H and O–H groups in total. The van der Waals surface area contributed by atoms with Gasteiger partial charge in [0.1, 0.15) is 5.75 Å². The molecule has 0 spiro atoms. The molecule has 0 aliphatic rings. The number of ether oxygens (including phenoxy) is 1. The van der Waals surface area contributed by atoms with Crippen molar-refractivity contribution in [2.45, 2.75) is 12.6 Å². The molecule has 0 aliphatic carbocycles. The summed E-state index contributed by atoms with van der Waals surface area (Å²) in [6.07, 6.45) is 0. The Balaban J connectivity index is 1.90. The van der Waals surface area contributed by atoms with Crippen LogP contribution in [0.4, 0.5) is 4.79 Å². The van der Waals surface area contributed by atoms with Crippen molar-refractivity contribution >= 4 is 6.03 Å². The van der Waals surface area contributed by atoms with Crippen LogP contribution < -0.4 is 15.4 Å². The molecule has 0 aromatic heterocycles. The minimum atomic E-state index is -0.173. The fourth-order valence-corrected chi connectivity index (χ4v) is 2.48. The van der Waals surface area contributed by atoms with Crippen molar-refractivity contribution in [3.05, 3.63) is 65.7 Å². The number of likely N-dealkylation sites (N-methyl/N-ethyl adjacent to an activating group) is 1. The normalized spacial score (nSPS) is 11.8. The number of carbonyl (C=O) groups is 1. The highest BCUT2D eigenvalue weighted by atomic mass is 16.5. The number of benzene rings is 2. The van der Waals surface area contributed by atoms with Crippen molar-refractivity contribution in [2.24, 2.45) is 0 Å². The number of hydrogen-bond acceptors (Lipinski definition) is 3. The molecule has 1 unspecified atom stereocenters. The number of methoxy groups -OCH3 is 1. The van der Waals surface area contributed by atoms with E-state index in [1.807, 2.05) is 68.7 Å². The first-order chi connectivity index (χ1) is 11.6. The van der Waals surface area contributed by atoms with E-state index >= 15 is 0 Å². The number of nitrogens with zero attached hydrogens (tertiary/aromatic N) is 1. The standard InChI is InChI=1S/C19H25N3O2/c1-22(2)18(16-10-7-11-17(12-16)24-3)14-21-19(23)20-13-15-8-5-4-6-9-15/h4-12,18H,13-14H2,1-3H3,(H2,20,21,23). The van der Waals surface area contributed by atoms with Gasteiger partial charge in [-0.25, -0.2) is 4.79 Å². The van der Waals surface area contributed by atoms with E-state index in [1.54, 1.807) is 7.11 Å². The Morgan fingerprint density at radius 3 is 2.50 bits per heavy atom. The van der Waals surface area contributed by atoms with E-state index in [0.29, 0.717) is 13.1 Å². The van der Waals surface area contributed by atoms with Gasteiger partial charge in [0, 0.05) is 13.1 Å². The molecule has 24 heavy (non-hydrogen) atoms. The smallest absolute Gasteiger partial charge is 0.315 e. The Kier molecular flexibility index (Phi) is 6.63. The Labute approximate surface area is 143 Å². The molecule has 1 atom stereocenters. The predicted octanol–water partition coefficient (Wildman–Crippen LogP) is 2.80. The maximum atomic E-state index is 12.0. The van der Waals surface area contributed by atoms with E-state index < -0.39 is 0 Å². The maximum Gasteiger partial charge on any atom is 0.315 e. The zero-order valence-electron chi connectivity index (χ0n) is 14.5. The largest absolute Gasteiger partial charge is 0.497 e. The molecule has 0 fully saturated rings. The second-order valence-corrected chi connectivity index (χ2v) is 5.81. The average molecular weight is 327 g/mol. The van der Waals surface area contributed by atoms with Crippen molar-refractivity contribution in [3.8, 4) is 5.75 Å². The van der Waals surface area contributed by atoms with Crippen LogP contribution in [0.3, 0.4) is 0 Å². The van der Waals surface area contributed by atoms with E-state index in [4.69, 9.17) is 4.74 Å². The van der Waals surface area contributed by atoms with Gasteiger partial charge in [0.25, 0.3) is 0 Å². The number of nitrogens with one attached hydrogen (secondary N) is 2. The van der Waals surface area contributed by atoms with E-state index in [9.17, 15) is 4.79 Å². The second kappa shape index (κ2) is 8.93. The molecule has 0 saturated carbocycles. The third-order valence-corrected chi connectivity index (χ3v) is 3.85. The lowest BCUT2D eigenvalue weighted by atomic mass is 10.1. The van der Waals surface area contributed by atoms with Crippen LogP contribution in [0, 0.1) is 0 Å². The van der Waals surface area contributed by atoms with Gasteiger partial charge >= 0.3 is 6.03 Å². The van der Waals surface area contributed by atoms with Crippen molar-refractivity contribution in [1.82, 2.24) is 15.5 Å². The molecule has 2 amide bonds. The molecule has 5 nitrogen and oxygen atoms in total. The van der Waals surface area contributed by atoms with E-state index in [0.717, 1.165) is 16.9 Å². The predicted molar refractivity (Wildman–Crippen MR) is 96.1 cm³/mol. The van der Waals surface area contributed by atoms with Gasteiger partial charge in [0.05, 0.1) is 13.2 Å². The molecule has 128 valence electrons. The topological polar surface area (TPSA) is 53.6 Å². The first-order valence-electron chi connectivity index (χ1n) is 7.96. The van der Waals surface area contributed by atoms with Crippen LogP contribution in [-0.2, 0) is 6.54 Å². The lowest BCUT2D eigenvalue weighted by Crippen LogP contribution is -2.40. The first-order valence-corrected chi connectivity index (χ1v) is 7.96. The molecule has 0 aliphatic heterocycles. The van der Waals surface area contributed by atoms with Crippen molar-refractivity contribution in [2.75, 3.05) is 27.7 Å². The maximum absolute atomic E-state index is 12.0. The van der Waals surface area contributed by atoms with Crippen LogP contribution in [-0.4, -0.2) is 38.7 Å². The molecule has 0 saturated heterocycles. The van der Waals surface area contributed by atoms with Gasteiger partial charge in [-0.05, 0) is 37.4 Å². The lowest BCUT2D eigenvalue weighted by molar-refractivity contribution is 0.232. The van der Waals surface area contributed by atoms with Crippen LogP contribution in [0.25, 0.3) is 0 Å². The summed E-state index contributed by atoms with van der Waals surface area (Å²) in [5.74, 6) is 0.813. The summed E-state index contributed by atoms with van der Waals surface area (Å²) in [4.78, 5) is 14.1. The van der Waals surface area contributed by atoms with E-state index in [1.165, 1.54) is 0 Å². The Morgan fingerprint density at radius 2 is 1.83 bits per heavy atom. The lowest BCUT2D eigenvalue weighted by Gasteiger charge is -2.25. The fourth-order valence-electron chi connectivity index (χ4n) is 2.48. The second-order valence-electron chi connectivity index (χ2n) is 5.81. The minimum Gasteiger partial charge on any atom is -0.497 e. The van der Waals surface area contributed by atoms with Crippen LogP contribution in [0.5, 0.6) is 5.75 Å². The third-order valence-electron chi connectivity index (χ3n) is 3.85. The van der Waals surface area contributed by atoms with E-state index in [-0.39, 0.29) is 12.1 Å². The Morgan fingerprint density at radius 1 is 1.08 bits per heavy atom. The van der Waals surface area contributed by atoms with Crippen LogP contribution in [0.15, 0.2) is 54.6 Å². The SMILES string of the molecule is COc1cccc(C(CNC(=O)NCc2ccccc2)N(C)C)c1. The zero-order valence-corrected chi connectivity index (χ0v) is 14.5. The van der Waals surface area contributed by atoms with Gasteiger partial charge in [-0.2, -0.15) is 0 Å². The van der Waals surface area contributed by atoms with Crippen molar-refractivity contribution < 1.29 is 9.53 Å². The minimum absolute atomic E-state index is 0.0718. The Bertz CT molecular complexity index is 644. The number of hydrogen-bond donors (Lipinski definition) is 2. The van der Waals surface area contributed by atoms with Crippen LogP contribution >= 0.6 is 0 Å². The number of rotatable bonds is 7. The number of urea groups is 1. The fraction of sp³-hybridized carbons (Fsp3) is 0.316. The third kappa shape index (κ3) is 5.28. The molecule has 2 rings (SSSR count). The summed E-state index contributed by atoms with van der Waals surface area (Å²) in [6.45, 7) is 1.03.